The molecule has 122 valence electrons. The molecule has 0 heterocycles. The zero-order valence-corrected chi connectivity index (χ0v) is 13.8. The van der Waals surface area contributed by atoms with E-state index in [2.05, 4.69) is 5.32 Å². The van der Waals surface area contributed by atoms with Gasteiger partial charge in [0.05, 0.1) is 5.56 Å². The van der Waals surface area contributed by atoms with E-state index in [0.29, 0.717) is 0 Å². The quantitative estimate of drug-likeness (QED) is 0.527. The third-order valence-corrected chi connectivity index (χ3v) is 4.39. The van der Waals surface area contributed by atoms with Crippen molar-refractivity contribution in [3.05, 3.63) is 83.9 Å². The van der Waals surface area contributed by atoms with Gasteiger partial charge in [-0.25, -0.2) is 0 Å². The number of rotatable bonds is 2. The second-order valence-corrected chi connectivity index (χ2v) is 6.20. The van der Waals surface area contributed by atoms with E-state index in [9.17, 15) is 9.90 Å². The number of phenolic OH excluding ortho intramolecular Hbond substituents is 1. The molecule has 0 aliphatic heterocycles. The Morgan fingerprint density at radius 1 is 0.840 bits per heavy atom. The summed E-state index contributed by atoms with van der Waals surface area (Å²) in [6, 6.07) is 22.9. The number of benzene rings is 4. The molecule has 0 spiro atoms. The van der Waals surface area contributed by atoms with Crippen LogP contribution < -0.4 is 5.32 Å². The molecular weight excluding hydrogens is 310 g/mol. The van der Waals surface area contributed by atoms with Crippen LogP contribution in [0.2, 0.25) is 0 Å². The number of nitrogens with one attached hydrogen (secondary N) is 1. The van der Waals surface area contributed by atoms with Gasteiger partial charge in [-0.05, 0) is 41.3 Å². The van der Waals surface area contributed by atoms with Crippen LogP contribution in [-0.2, 0) is 0 Å². The number of carbonyl (C=O) groups is 1. The summed E-state index contributed by atoms with van der Waals surface area (Å²) in [4.78, 5) is 12.7. The molecular formula is C22H17NO2. The minimum absolute atomic E-state index is 0.0194. The Bertz CT molecular complexity index is 1110. The number of aromatic hydroxyl groups is 1. The van der Waals surface area contributed by atoms with Crippen LogP contribution in [0, 0.1) is 6.92 Å². The van der Waals surface area contributed by atoms with E-state index in [1.807, 2.05) is 67.6 Å². The van der Waals surface area contributed by atoms with Crippen LogP contribution in [-0.4, -0.2) is 11.0 Å². The van der Waals surface area contributed by atoms with E-state index >= 15 is 0 Å². The van der Waals surface area contributed by atoms with Gasteiger partial charge >= 0.3 is 0 Å². The predicted molar refractivity (Wildman–Crippen MR) is 102 cm³/mol. The molecule has 0 radical (unpaired) electrons. The summed E-state index contributed by atoms with van der Waals surface area (Å²) in [6.45, 7) is 2.00. The molecule has 0 saturated heterocycles. The van der Waals surface area contributed by atoms with Crippen LogP contribution in [0.3, 0.4) is 0 Å². The lowest BCUT2D eigenvalue weighted by molar-refractivity contribution is 0.102. The predicted octanol–water partition coefficient (Wildman–Crippen LogP) is 5.26. The summed E-state index contributed by atoms with van der Waals surface area (Å²) in [5, 5.41) is 17.1. The van der Waals surface area contributed by atoms with Gasteiger partial charge in [-0.2, -0.15) is 0 Å². The van der Waals surface area contributed by atoms with Crippen molar-refractivity contribution in [3.63, 3.8) is 0 Å². The number of fused-ring (bicyclic) bond motifs is 2. The Morgan fingerprint density at radius 2 is 1.64 bits per heavy atom. The second-order valence-electron chi connectivity index (χ2n) is 6.20. The minimum atomic E-state index is -0.322. The van der Waals surface area contributed by atoms with Crippen molar-refractivity contribution in [1.82, 2.24) is 0 Å². The number of anilines is 1. The molecule has 2 N–H and O–H groups in total. The molecule has 0 unspecified atom stereocenters. The van der Waals surface area contributed by atoms with Crippen LogP contribution in [0.4, 0.5) is 5.69 Å². The molecule has 0 aliphatic rings. The Labute approximate surface area is 145 Å². The summed E-state index contributed by atoms with van der Waals surface area (Å²) in [5.74, 6) is -0.341. The molecule has 0 fully saturated rings. The maximum atomic E-state index is 12.7. The number of hydrogen-bond acceptors (Lipinski definition) is 2. The van der Waals surface area contributed by atoms with Crippen molar-refractivity contribution in [3.8, 4) is 5.75 Å². The average Bonchev–Trinajstić information content (AvgIpc) is 2.62. The zero-order chi connectivity index (χ0) is 17.4. The number of aryl methyl sites for hydroxylation is 1. The molecule has 3 heteroatoms. The van der Waals surface area contributed by atoms with Gasteiger partial charge in [-0.3, -0.25) is 4.79 Å². The molecule has 25 heavy (non-hydrogen) atoms. The van der Waals surface area contributed by atoms with Crippen molar-refractivity contribution in [2.24, 2.45) is 0 Å². The molecule has 0 aliphatic carbocycles. The fourth-order valence-corrected chi connectivity index (χ4v) is 3.11. The van der Waals surface area contributed by atoms with E-state index in [4.69, 9.17) is 0 Å². The molecule has 3 nitrogen and oxygen atoms in total. The van der Waals surface area contributed by atoms with Crippen LogP contribution in [0.25, 0.3) is 21.5 Å². The van der Waals surface area contributed by atoms with E-state index < -0.39 is 0 Å². The summed E-state index contributed by atoms with van der Waals surface area (Å²) in [5.41, 5.74) is 2.11. The Hall–Kier alpha value is -3.33. The Morgan fingerprint density at radius 3 is 2.52 bits per heavy atom. The SMILES string of the molecule is Cc1ccc2cc(O)c(C(=O)Nc3cccc4ccccc34)cc2c1. The lowest BCUT2D eigenvalue weighted by atomic mass is 10.0. The summed E-state index contributed by atoms with van der Waals surface area (Å²) in [6.07, 6.45) is 0. The highest BCUT2D eigenvalue weighted by Gasteiger charge is 2.14. The van der Waals surface area contributed by atoms with Crippen LogP contribution in [0.5, 0.6) is 5.75 Å². The van der Waals surface area contributed by atoms with Gasteiger partial charge < -0.3 is 10.4 Å². The van der Waals surface area contributed by atoms with E-state index in [0.717, 1.165) is 32.8 Å². The first-order valence-corrected chi connectivity index (χ1v) is 8.14. The molecule has 4 aromatic carbocycles. The van der Waals surface area contributed by atoms with Gasteiger partial charge in [-0.1, -0.05) is 60.2 Å². The number of hydrogen-bond donors (Lipinski definition) is 2. The van der Waals surface area contributed by atoms with E-state index in [-0.39, 0.29) is 17.2 Å². The summed E-state index contributed by atoms with van der Waals surface area (Å²) in [7, 11) is 0. The third kappa shape index (κ3) is 2.81. The molecule has 4 aromatic rings. The van der Waals surface area contributed by atoms with Gasteiger partial charge in [0.25, 0.3) is 5.91 Å². The van der Waals surface area contributed by atoms with Crippen molar-refractivity contribution in [2.75, 3.05) is 5.32 Å². The fourth-order valence-electron chi connectivity index (χ4n) is 3.11. The monoisotopic (exact) mass is 327 g/mol. The standard InChI is InChI=1S/C22H17NO2/c1-14-9-10-16-13-21(24)19(12-17(16)11-14)22(25)23-20-8-4-6-15-5-2-3-7-18(15)20/h2-13,24H,1H3,(H,23,25). The number of phenols is 1. The average molecular weight is 327 g/mol. The second kappa shape index (κ2) is 5.95. The fraction of sp³-hybridized carbons (Fsp3) is 0.0455. The van der Waals surface area contributed by atoms with Crippen LogP contribution >= 0.6 is 0 Å². The molecule has 0 saturated carbocycles. The topological polar surface area (TPSA) is 49.3 Å². The first-order chi connectivity index (χ1) is 12.1. The lowest BCUT2D eigenvalue weighted by Crippen LogP contribution is -2.12. The largest absolute Gasteiger partial charge is 0.507 e. The number of amides is 1. The maximum absolute atomic E-state index is 12.7. The van der Waals surface area contributed by atoms with Gasteiger partial charge in [0, 0.05) is 11.1 Å². The highest BCUT2D eigenvalue weighted by molar-refractivity contribution is 6.12. The first kappa shape index (κ1) is 15.2. The third-order valence-electron chi connectivity index (χ3n) is 4.39. The van der Waals surface area contributed by atoms with Gasteiger partial charge in [0.15, 0.2) is 0 Å². The highest BCUT2D eigenvalue weighted by atomic mass is 16.3. The minimum Gasteiger partial charge on any atom is -0.507 e. The molecule has 4 rings (SSSR count). The summed E-state index contributed by atoms with van der Waals surface area (Å²) < 4.78 is 0. The lowest BCUT2D eigenvalue weighted by Gasteiger charge is -2.11. The maximum Gasteiger partial charge on any atom is 0.259 e. The van der Waals surface area contributed by atoms with Crippen molar-refractivity contribution < 1.29 is 9.90 Å². The Kier molecular flexibility index (Phi) is 3.62. The molecule has 0 aromatic heterocycles. The molecule has 1 amide bonds. The van der Waals surface area contributed by atoms with Crippen LogP contribution in [0.1, 0.15) is 15.9 Å². The zero-order valence-electron chi connectivity index (χ0n) is 13.8. The summed E-state index contributed by atoms with van der Waals surface area (Å²) >= 11 is 0. The van der Waals surface area contributed by atoms with Crippen molar-refractivity contribution >= 4 is 33.1 Å². The van der Waals surface area contributed by atoms with Crippen LogP contribution in [0.15, 0.2) is 72.8 Å². The van der Waals surface area contributed by atoms with Gasteiger partial charge in [0.2, 0.25) is 0 Å². The van der Waals surface area contributed by atoms with Crippen molar-refractivity contribution in [1.29, 1.82) is 0 Å². The molecule has 0 bridgehead atoms. The van der Waals surface area contributed by atoms with E-state index in [1.54, 1.807) is 12.1 Å². The number of carbonyl (C=O) groups excluding carboxylic acids is 1. The molecule has 0 atom stereocenters. The Balaban J connectivity index is 1.75. The highest BCUT2D eigenvalue weighted by Crippen LogP contribution is 2.28. The van der Waals surface area contributed by atoms with Gasteiger partial charge in [-0.15, -0.1) is 0 Å². The normalized spacial score (nSPS) is 10.9. The smallest absolute Gasteiger partial charge is 0.259 e. The van der Waals surface area contributed by atoms with Gasteiger partial charge in [0.1, 0.15) is 5.75 Å². The van der Waals surface area contributed by atoms with Crippen molar-refractivity contribution in [2.45, 2.75) is 6.92 Å². The first-order valence-electron chi connectivity index (χ1n) is 8.14. The van der Waals surface area contributed by atoms with E-state index in [1.165, 1.54) is 0 Å².